The smallest absolute Gasteiger partial charge is 0.220 e. The van der Waals surface area contributed by atoms with Crippen LogP contribution < -0.4 is 5.32 Å². The Morgan fingerprint density at radius 1 is 1.28 bits per heavy atom. The van der Waals surface area contributed by atoms with Crippen LogP contribution in [0.15, 0.2) is 57.6 Å². The highest BCUT2D eigenvalue weighted by Gasteiger charge is 2.14. The van der Waals surface area contributed by atoms with Gasteiger partial charge in [-0.05, 0) is 47.7 Å². The Kier molecular flexibility index (Phi) is 5.91. The maximum Gasteiger partial charge on any atom is 0.220 e. The van der Waals surface area contributed by atoms with E-state index in [9.17, 15) is 9.90 Å². The normalized spacial score (nSPS) is 12.1. The van der Waals surface area contributed by atoms with Crippen LogP contribution in [0, 0.1) is 0 Å². The Morgan fingerprint density at radius 3 is 2.92 bits per heavy atom. The summed E-state index contributed by atoms with van der Waals surface area (Å²) in [5.41, 5.74) is 1.99. The third kappa shape index (κ3) is 4.95. The number of carbonyl (C=O) groups excluding carboxylic acids is 1. The molecule has 2 aromatic heterocycles. The van der Waals surface area contributed by atoms with Gasteiger partial charge in [-0.1, -0.05) is 23.7 Å². The summed E-state index contributed by atoms with van der Waals surface area (Å²) in [6.07, 6.45) is 0.0687. The molecule has 130 valence electrons. The van der Waals surface area contributed by atoms with E-state index < -0.39 is 6.10 Å². The highest BCUT2D eigenvalue weighted by atomic mass is 35.5. The van der Waals surface area contributed by atoms with E-state index in [2.05, 4.69) is 5.32 Å². The zero-order valence-electron chi connectivity index (χ0n) is 13.4. The molecule has 3 aromatic rings. The van der Waals surface area contributed by atoms with Crippen molar-refractivity contribution in [3.05, 3.63) is 69.6 Å². The van der Waals surface area contributed by atoms with E-state index in [-0.39, 0.29) is 12.5 Å². The van der Waals surface area contributed by atoms with Crippen LogP contribution >= 0.6 is 22.9 Å². The zero-order chi connectivity index (χ0) is 17.6. The first-order chi connectivity index (χ1) is 12.1. The van der Waals surface area contributed by atoms with Gasteiger partial charge in [-0.15, -0.1) is 0 Å². The lowest BCUT2D eigenvalue weighted by molar-refractivity contribution is -0.121. The van der Waals surface area contributed by atoms with Crippen molar-refractivity contribution in [2.24, 2.45) is 0 Å². The van der Waals surface area contributed by atoms with E-state index in [1.54, 1.807) is 23.5 Å². The van der Waals surface area contributed by atoms with Gasteiger partial charge in [-0.2, -0.15) is 11.3 Å². The molecule has 0 saturated carbocycles. The Labute approximate surface area is 155 Å². The number of carbonyl (C=O) groups is 1. The van der Waals surface area contributed by atoms with Crippen molar-refractivity contribution in [1.29, 1.82) is 0 Å². The number of hydrogen-bond donors (Lipinski definition) is 2. The van der Waals surface area contributed by atoms with Crippen molar-refractivity contribution in [3.63, 3.8) is 0 Å². The molecule has 0 bridgehead atoms. The van der Waals surface area contributed by atoms with E-state index >= 15 is 0 Å². The zero-order valence-corrected chi connectivity index (χ0v) is 15.0. The summed E-state index contributed by atoms with van der Waals surface area (Å²) < 4.78 is 5.66. The van der Waals surface area contributed by atoms with Crippen molar-refractivity contribution in [3.8, 4) is 11.3 Å². The third-order valence-electron chi connectivity index (χ3n) is 3.78. The standard InChI is InChI=1S/C19H18ClNO3S/c20-15-3-1-2-13(10-15)4-7-19(23)21-11-16(22)18-6-5-17(24-18)14-8-9-25-12-14/h1-3,5-6,8-10,12,16,22H,4,7,11H2,(H,21,23)/t16-/m1/s1. The molecule has 0 unspecified atom stereocenters. The number of aryl methyl sites for hydroxylation is 1. The Hall–Kier alpha value is -2.08. The van der Waals surface area contributed by atoms with E-state index in [1.807, 2.05) is 41.1 Å². The molecule has 0 radical (unpaired) electrons. The number of aliphatic hydroxyl groups excluding tert-OH is 1. The largest absolute Gasteiger partial charge is 0.458 e. The average molecular weight is 376 g/mol. The SMILES string of the molecule is O=C(CCc1cccc(Cl)c1)NC[C@@H](O)c1ccc(-c2ccsc2)o1. The first-order valence-electron chi connectivity index (χ1n) is 7.93. The molecule has 6 heteroatoms. The number of aliphatic hydroxyl groups is 1. The summed E-state index contributed by atoms with van der Waals surface area (Å²) >= 11 is 7.51. The molecule has 2 N–H and O–H groups in total. The second-order valence-corrected chi connectivity index (χ2v) is 6.88. The summed E-state index contributed by atoms with van der Waals surface area (Å²) in [6, 6.07) is 13.0. The molecule has 4 nitrogen and oxygen atoms in total. The minimum absolute atomic E-state index is 0.116. The monoisotopic (exact) mass is 375 g/mol. The first kappa shape index (κ1) is 17.7. The Balaban J connectivity index is 1.47. The fourth-order valence-electron chi connectivity index (χ4n) is 2.44. The summed E-state index contributed by atoms with van der Waals surface area (Å²) in [5.74, 6) is 1.03. The molecule has 3 rings (SSSR count). The fraction of sp³-hybridized carbons (Fsp3) is 0.211. The summed E-state index contributed by atoms with van der Waals surface area (Å²) in [5, 5.41) is 17.5. The van der Waals surface area contributed by atoms with Gasteiger partial charge in [0.05, 0.1) is 6.54 Å². The maximum absolute atomic E-state index is 11.9. The second-order valence-electron chi connectivity index (χ2n) is 5.66. The lowest BCUT2D eigenvalue weighted by Crippen LogP contribution is -2.28. The molecule has 25 heavy (non-hydrogen) atoms. The van der Waals surface area contributed by atoms with Gasteiger partial charge >= 0.3 is 0 Å². The van der Waals surface area contributed by atoms with Crippen LogP contribution in [-0.4, -0.2) is 17.6 Å². The molecule has 0 aliphatic rings. The number of nitrogens with one attached hydrogen (secondary N) is 1. The minimum Gasteiger partial charge on any atom is -0.458 e. The van der Waals surface area contributed by atoms with Crippen LogP contribution in [0.1, 0.15) is 23.8 Å². The highest BCUT2D eigenvalue weighted by Crippen LogP contribution is 2.26. The molecule has 0 fully saturated rings. The predicted octanol–water partition coefficient (Wildman–Crippen LogP) is 4.44. The van der Waals surface area contributed by atoms with Gasteiger partial charge < -0.3 is 14.8 Å². The maximum atomic E-state index is 11.9. The van der Waals surface area contributed by atoms with E-state index in [1.165, 1.54) is 0 Å². The van der Waals surface area contributed by atoms with Crippen molar-refractivity contribution >= 4 is 28.8 Å². The van der Waals surface area contributed by atoms with Crippen molar-refractivity contribution in [2.75, 3.05) is 6.54 Å². The van der Waals surface area contributed by atoms with Crippen LogP contribution in [-0.2, 0) is 11.2 Å². The van der Waals surface area contributed by atoms with Crippen molar-refractivity contribution < 1.29 is 14.3 Å². The molecule has 0 aliphatic carbocycles. The van der Waals surface area contributed by atoms with Gasteiger partial charge in [-0.25, -0.2) is 0 Å². The number of hydrogen-bond acceptors (Lipinski definition) is 4. The topological polar surface area (TPSA) is 62.5 Å². The fourth-order valence-corrected chi connectivity index (χ4v) is 3.30. The molecule has 1 amide bonds. The summed E-state index contributed by atoms with van der Waals surface area (Å²) in [6.45, 7) is 0.116. The van der Waals surface area contributed by atoms with Crippen LogP contribution in [0.25, 0.3) is 11.3 Å². The van der Waals surface area contributed by atoms with E-state index in [0.29, 0.717) is 29.4 Å². The summed E-state index contributed by atoms with van der Waals surface area (Å²) in [4.78, 5) is 11.9. The number of rotatable bonds is 7. The summed E-state index contributed by atoms with van der Waals surface area (Å²) in [7, 11) is 0. The van der Waals surface area contributed by atoms with Gasteiger partial charge in [-0.3, -0.25) is 4.79 Å². The minimum atomic E-state index is -0.873. The van der Waals surface area contributed by atoms with Crippen LogP contribution in [0.3, 0.4) is 0 Å². The quantitative estimate of drug-likeness (QED) is 0.641. The Bertz CT molecular complexity index is 829. The first-order valence-corrected chi connectivity index (χ1v) is 9.25. The van der Waals surface area contributed by atoms with E-state index in [0.717, 1.165) is 11.1 Å². The molecular formula is C19H18ClNO3S. The lowest BCUT2D eigenvalue weighted by atomic mass is 10.1. The molecule has 1 atom stereocenters. The van der Waals surface area contributed by atoms with Crippen molar-refractivity contribution in [1.82, 2.24) is 5.32 Å². The van der Waals surface area contributed by atoms with Gasteiger partial charge in [0.15, 0.2) is 0 Å². The second kappa shape index (κ2) is 8.34. The van der Waals surface area contributed by atoms with Gasteiger partial charge in [0.25, 0.3) is 0 Å². The van der Waals surface area contributed by atoms with Gasteiger partial charge in [0.1, 0.15) is 17.6 Å². The average Bonchev–Trinajstić information content (AvgIpc) is 3.28. The molecule has 2 heterocycles. The molecule has 0 aliphatic heterocycles. The lowest BCUT2D eigenvalue weighted by Gasteiger charge is -2.10. The molecule has 0 spiro atoms. The number of thiophene rings is 1. The molecule has 0 saturated heterocycles. The molecule has 1 aromatic carbocycles. The van der Waals surface area contributed by atoms with Gasteiger partial charge in [0.2, 0.25) is 5.91 Å². The van der Waals surface area contributed by atoms with Crippen LogP contribution in [0.2, 0.25) is 5.02 Å². The number of benzene rings is 1. The number of halogens is 1. The Morgan fingerprint density at radius 2 is 2.16 bits per heavy atom. The van der Waals surface area contributed by atoms with Crippen LogP contribution in [0.5, 0.6) is 0 Å². The van der Waals surface area contributed by atoms with Gasteiger partial charge in [0, 0.05) is 22.4 Å². The predicted molar refractivity (Wildman–Crippen MR) is 99.8 cm³/mol. The third-order valence-corrected chi connectivity index (χ3v) is 4.70. The number of furan rings is 1. The van der Waals surface area contributed by atoms with E-state index in [4.69, 9.17) is 16.0 Å². The van der Waals surface area contributed by atoms with Crippen LogP contribution in [0.4, 0.5) is 0 Å². The highest BCUT2D eigenvalue weighted by molar-refractivity contribution is 7.08. The molecular weight excluding hydrogens is 358 g/mol. The number of amides is 1. The van der Waals surface area contributed by atoms with Crippen molar-refractivity contribution in [2.45, 2.75) is 18.9 Å².